The monoisotopic (exact) mass is 300 g/mol. The van der Waals surface area contributed by atoms with Crippen LogP contribution in [-0.4, -0.2) is 34.8 Å². The summed E-state index contributed by atoms with van der Waals surface area (Å²) >= 11 is 0. The van der Waals surface area contributed by atoms with Crippen LogP contribution in [0.5, 0.6) is 0 Å². The van der Waals surface area contributed by atoms with Crippen LogP contribution in [0.3, 0.4) is 0 Å². The van der Waals surface area contributed by atoms with Gasteiger partial charge in [0.25, 0.3) is 0 Å². The van der Waals surface area contributed by atoms with Crippen molar-refractivity contribution in [3.05, 3.63) is 35.4 Å². The third-order valence-electron chi connectivity index (χ3n) is 4.86. The number of likely N-dealkylation sites (tertiary alicyclic amines) is 1. The van der Waals surface area contributed by atoms with E-state index in [1.54, 1.807) is 4.90 Å². The van der Waals surface area contributed by atoms with Crippen LogP contribution < -0.4 is 5.32 Å². The molecule has 1 saturated carbocycles. The Hall–Kier alpha value is -1.84. The van der Waals surface area contributed by atoms with E-state index in [1.165, 1.54) is 11.1 Å². The van der Waals surface area contributed by atoms with E-state index in [4.69, 9.17) is 0 Å². The smallest absolute Gasteiger partial charge is 0.242 e. The Morgan fingerprint density at radius 3 is 2.55 bits per heavy atom. The van der Waals surface area contributed by atoms with Gasteiger partial charge in [0.05, 0.1) is 0 Å². The minimum absolute atomic E-state index is 0.0140. The number of rotatable bonds is 5. The van der Waals surface area contributed by atoms with Gasteiger partial charge in [-0.25, -0.2) is 0 Å². The van der Waals surface area contributed by atoms with Gasteiger partial charge in [-0.1, -0.05) is 29.8 Å². The highest BCUT2D eigenvalue weighted by Crippen LogP contribution is 2.39. The van der Waals surface area contributed by atoms with E-state index in [2.05, 4.69) is 36.5 Å². The minimum Gasteiger partial charge on any atom is -0.349 e. The van der Waals surface area contributed by atoms with Crippen LogP contribution in [0.15, 0.2) is 24.3 Å². The molecule has 1 N–H and O–H groups in total. The first-order valence-electron chi connectivity index (χ1n) is 8.16. The van der Waals surface area contributed by atoms with E-state index in [0.29, 0.717) is 13.0 Å². The number of nitrogens with zero attached hydrogens (tertiary/aromatic N) is 1. The third-order valence-corrected chi connectivity index (χ3v) is 4.86. The van der Waals surface area contributed by atoms with Crippen molar-refractivity contribution in [1.82, 2.24) is 10.2 Å². The first kappa shape index (κ1) is 15.1. The van der Waals surface area contributed by atoms with Crippen molar-refractivity contribution in [2.45, 2.75) is 57.5 Å². The van der Waals surface area contributed by atoms with Gasteiger partial charge in [0.15, 0.2) is 0 Å². The van der Waals surface area contributed by atoms with Crippen LogP contribution in [0.1, 0.15) is 43.7 Å². The topological polar surface area (TPSA) is 49.4 Å². The maximum Gasteiger partial charge on any atom is 0.242 e. The fourth-order valence-corrected chi connectivity index (χ4v) is 3.18. The van der Waals surface area contributed by atoms with Crippen molar-refractivity contribution < 1.29 is 9.59 Å². The largest absolute Gasteiger partial charge is 0.349 e. The molecule has 1 aliphatic carbocycles. The molecule has 0 bridgehead atoms. The maximum atomic E-state index is 12.5. The van der Waals surface area contributed by atoms with Crippen molar-refractivity contribution in [2.75, 3.05) is 6.54 Å². The molecule has 1 aromatic carbocycles. The molecule has 1 aromatic rings. The summed E-state index contributed by atoms with van der Waals surface area (Å²) in [6.45, 7) is 4.62. The Morgan fingerprint density at radius 2 is 2.00 bits per heavy atom. The molecule has 4 nitrogen and oxygen atoms in total. The Balaban J connectivity index is 1.60. The van der Waals surface area contributed by atoms with E-state index >= 15 is 0 Å². The fraction of sp³-hybridized carbons (Fsp3) is 0.556. The van der Waals surface area contributed by atoms with Crippen LogP contribution in [-0.2, 0) is 16.0 Å². The molecule has 0 aromatic heterocycles. The number of nitrogens with one attached hydrogen (secondary N) is 1. The normalized spacial score (nSPS) is 20.8. The molecule has 1 atom stereocenters. The average molecular weight is 300 g/mol. The van der Waals surface area contributed by atoms with E-state index < -0.39 is 0 Å². The quantitative estimate of drug-likeness (QED) is 0.906. The van der Waals surface area contributed by atoms with Gasteiger partial charge < -0.3 is 10.2 Å². The SMILES string of the molecule is Cc1ccc(CC2(NC(=O)[C@@H](C)N3CCCC3=O)CC2)cc1. The minimum atomic E-state index is -0.356. The number of hydrogen-bond donors (Lipinski definition) is 1. The molecular weight excluding hydrogens is 276 g/mol. The summed E-state index contributed by atoms with van der Waals surface area (Å²) in [5.41, 5.74) is 2.41. The van der Waals surface area contributed by atoms with Gasteiger partial charge in [-0.05, 0) is 45.1 Å². The highest BCUT2D eigenvalue weighted by molar-refractivity contribution is 5.88. The van der Waals surface area contributed by atoms with E-state index in [9.17, 15) is 9.59 Å². The van der Waals surface area contributed by atoms with Crippen LogP contribution in [0, 0.1) is 6.92 Å². The lowest BCUT2D eigenvalue weighted by Crippen LogP contribution is -2.50. The lowest BCUT2D eigenvalue weighted by molar-refractivity contribution is -0.137. The van der Waals surface area contributed by atoms with Gasteiger partial charge in [0, 0.05) is 18.5 Å². The summed E-state index contributed by atoms with van der Waals surface area (Å²) in [5, 5.41) is 3.19. The summed E-state index contributed by atoms with van der Waals surface area (Å²) in [4.78, 5) is 25.9. The highest BCUT2D eigenvalue weighted by atomic mass is 16.2. The second kappa shape index (κ2) is 5.75. The average Bonchev–Trinajstić information content (AvgIpc) is 3.10. The van der Waals surface area contributed by atoms with Crippen molar-refractivity contribution in [3.63, 3.8) is 0 Å². The van der Waals surface area contributed by atoms with Crippen LogP contribution >= 0.6 is 0 Å². The third kappa shape index (κ3) is 3.16. The second-order valence-corrected chi connectivity index (χ2v) is 6.80. The Kier molecular flexibility index (Phi) is 3.94. The standard InChI is InChI=1S/C18H24N2O2/c1-13-5-7-15(8-6-13)12-18(9-10-18)19-17(22)14(2)20-11-3-4-16(20)21/h5-8,14H,3-4,9-12H2,1-2H3,(H,19,22)/t14-/m1/s1. The van der Waals surface area contributed by atoms with Crippen molar-refractivity contribution in [2.24, 2.45) is 0 Å². The van der Waals surface area contributed by atoms with Crippen molar-refractivity contribution in [3.8, 4) is 0 Å². The Bertz CT molecular complexity index is 575. The zero-order valence-corrected chi connectivity index (χ0v) is 13.4. The molecule has 0 unspecified atom stereocenters. The number of carbonyl (C=O) groups is 2. The molecule has 2 amide bonds. The summed E-state index contributed by atoms with van der Waals surface area (Å²) in [5.74, 6) is 0.0888. The number of hydrogen-bond acceptors (Lipinski definition) is 2. The molecule has 1 aliphatic heterocycles. The van der Waals surface area contributed by atoms with Crippen molar-refractivity contribution >= 4 is 11.8 Å². The summed E-state index contributed by atoms with van der Waals surface area (Å²) in [6.07, 6.45) is 4.36. The zero-order chi connectivity index (χ0) is 15.7. The molecule has 0 radical (unpaired) electrons. The molecule has 3 rings (SSSR count). The number of carbonyl (C=O) groups excluding carboxylic acids is 2. The van der Waals surface area contributed by atoms with Gasteiger partial charge >= 0.3 is 0 Å². The van der Waals surface area contributed by atoms with E-state index in [0.717, 1.165) is 25.7 Å². The number of aryl methyl sites for hydroxylation is 1. The second-order valence-electron chi connectivity index (χ2n) is 6.80. The van der Waals surface area contributed by atoms with Crippen LogP contribution in [0.25, 0.3) is 0 Å². The maximum absolute atomic E-state index is 12.5. The molecule has 1 heterocycles. The number of amides is 2. The highest BCUT2D eigenvalue weighted by Gasteiger charge is 2.45. The van der Waals surface area contributed by atoms with Gasteiger partial charge in [-0.2, -0.15) is 0 Å². The molecule has 22 heavy (non-hydrogen) atoms. The molecule has 1 saturated heterocycles. The van der Waals surface area contributed by atoms with E-state index in [1.807, 2.05) is 6.92 Å². The Morgan fingerprint density at radius 1 is 1.32 bits per heavy atom. The summed E-state index contributed by atoms with van der Waals surface area (Å²) in [6, 6.07) is 8.13. The van der Waals surface area contributed by atoms with Gasteiger partial charge in [-0.3, -0.25) is 9.59 Å². The summed E-state index contributed by atoms with van der Waals surface area (Å²) in [7, 11) is 0. The fourth-order valence-electron chi connectivity index (χ4n) is 3.18. The Labute approximate surface area is 131 Å². The van der Waals surface area contributed by atoms with Crippen LogP contribution in [0.2, 0.25) is 0 Å². The molecule has 4 heteroatoms. The van der Waals surface area contributed by atoms with Gasteiger partial charge in [-0.15, -0.1) is 0 Å². The molecule has 2 fully saturated rings. The summed E-state index contributed by atoms with van der Waals surface area (Å²) < 4.78 is 0. The molecule has 0 spiro atoms. The van der Waals surface area contributed by atoms with Gasteiger partial charge in [0.1, 0.15) is 6.04 Å². The predicted molar refractivity (Wildman–Crippen MR) is 85.4 cm³/mol. The van der Waals surface area contributed by atoms with E-state index in [-0.39, 0.29) is 23.4 Å². The van der Waals surface area contributed by atoms with Gasteiger partial charge in [0.2, 0.25) is 11.8 Å². The number of benzene rings is 1. The predicted octanol–water partition coefficient (Wildman–Crippen LogP) is 2.20. The lowest BCUT2D eigenvalue weighted by atomic mass is 10.0. The molecule has 118 valence electrons. The zero-order valence-electron chi connectivity index (χ0n) is 13.4. The van der Waals surface area contributed by atoms with Crippen molar-refractivity contribution in [1.29, 1.82) is 0 Å². The molecular formula is C18H24N2O2. The molecule has 2 aliphatic rings. The van der Waals surface area contributed by atoms with Crippen LogP contribution in [0.4, 0.5) is 0 Å². The first-order chi connectivity index (χ1) is 10.5. The first-order valence-corrected chi connectivity index (χ1v) is 8.16. The lowest BCUT2D eigenvalue weighted by Gasteiger charge is -2.26.